The van der Waals surface area contributed by atoms with Crippen molar-refractivity contribution in [1.82, 2.24) is 14.6 Å². The van der Waals surface area contributed by atoms with E-state index in [1.165, 1.54) is 22.3 Å². The molecule has 1 aliphatic rings. The fraction of sp³-hybridized carbons (Fsp3) is 0.407. The minimum absolute atomic E-state index is 0.0739. The quantitative estimate of drug-likeness (QED) is 0.134. The van der Waals surface area contributed by atoms with Crippen LogP contribution in [0, 0.1) is 0 Å². The number of hydrogen-bond donors (Lipinski definition) is 3. The number of hydrogen-bond acceptors (Lipinski definition) is 8. The summed E-state index contributed by atoms with van der Waals surface area (Å²) >= 11 is 1.23. The van der Waals surface area contributed by atoms with Crippen LogP contribution in [0.25, 0.3) is 10.8 Å². The molecule has 4 rings (SSSR count). The first-order chi connectivity index (χ1) is 19.1. The Kier molecular flexibility index (Phi) is 9.38. The number of nitrogens with zero attached hydrogens (tertiary/aromatic N) is 4. The minimum Gasteiger partial charge on any atom is -0.377 e. The van der Waals surface area contributed by atoms with Crippen LogP contribution in [0.15, 0.2) is 57.9 Å². The van der Waals surface area contributed by atoms with Gasteiger partial charge in [0.2, 0.25) is 21.7 Å². The van der Waals surface area contributed by atoms with Crippen molar-refractivity contribution in [2.75, 3.05) is 32.1 Å². The summed E-state index contributed by atoms with van der Waals surface area (Å²) in [6.07, 6.45) is 4.06. The van der Waals surface area contributed by atoms with E-state index in [0.717, 1.165) is 23.9 Å². The highest BCUT2D eigenvalue weighted by molar-refractivity contribution is 7.89. The lowest BCUT2D eigenvalue weighted by atomic mass is 9.97. The number of thiazole rings is 1. The molecule has 13 heteroatoms. The molecule has 1 fully saturated rings. The van der Waals surface area contributed by atoms with Crippen molar-refractivity contribution in [2.24, 2.45) is 16.5 Å². The van der Waals surface area contributed by atoms with Gasteiger partial charge in [0, 0.05) is 55.2 Å². The lowest BCUT2D eigenvalue weighted by molar-refractivity contribution is -0.135. The van der Waals surface area contributed by atoms with Gasteiger partial charge in [-0.15, -0.1) is 11.3 Å². The molecule has 1 unspecified atom stereocenters. The van der Waals surface area contributed by atoms with E-state index in [9.17, 15) is 18.0 Å². The number of piperidine rings is 1. The molecule has 1 saturated heterocycles. The van der Waals surface area contributed by atoms with Crippen LogP contribution in [0.5, 0.6) is 0 Å². The predicted molar refractivity (Wildman–Crippen MR) is 158 cm³/mol. The van der Waals surface area contributed by atoms with Crippen molar-refractivity contribution in [2.45, 2.75) is 49.1 Å². The molecule has 1 aliphatic heterocycles. The molecule has 11 nitrogen and oxygen atoms in total. The third kappa shape index (κ3) is 6.60. The molecule has 40 heavy (non-hydrogen) atoms. The first-order valence-corrected chi connectivity index (χ1v) is 15.5. The standard InChI is InChI=1S/C27H35N7O4S2/c1-33(2)21-12-5-9-19-18(21)8-6-13-23(19)40(37,38)32-20(10-7-14-31-27(28)29)26(36)34-16-4-3-11-22(34)24(35)25-30-15-17-39-25/h5-6,8-9,12-13,15,17,20,22,32H,3-4,7,10-11,14,16H2,1-2H3,(H4,28,29,31)/t20-,22?/m0/s1. The van der Waals surface area contributed by atoms with Gasteiger partial charge in [0.15, 0.2) is 11.0 Å². The summed E-state index contributed by atoms with van der Waals surface area (Å²) in [6, 6.07) is 8.74. The molecule has 214 valence electrons. The molecule has 2 atom stereocenters. The fourth-order valence-corrected chi connectivity index (χ4v) is 7.10. The number of Topliss-reactive ketones (excluding diaryl/α,β-unsaturated/α-hetero) is 1. The molecule has 3 aromatic rings. The van der Waals surface area contributed by atoms with Crippen LogP contribution >= 0.6 is 11.3 Å². The van der Waals surface area contributed by atoms with Crippen molar-refractivity contribution < 1.29 is 18.0 Å². The summed E-state index contributed by atoms with van der Waals surface area (Å²) in [5.74, 6) is -0.756. The van der Waals surface area contributed by atoms with Gasteiger partial charge in [-0.2, -0.15) is 4.72 Å². The van der Waals surface area contributed by atoms with Gasteiger partial charge in [-0.25, -0.2) is 13.4 Å². The first kappa shape index (κ1) is 29.4. The number of likely N-dealkylation sites (tertiary alicyclic amines) is 1. The molecule has 5 N–H and O–H groups in total. The Hall–Kier alpha value is -3.55. The maximum atomic E-state index is 14.0. The van der Waals surface area contributed by atoms with Gasteiger partial charge in [0.1, 0.15) is 6.04 Å². The third-order valence-electron chi connectivity index (χ3n) is 6.90. The second kappa shape index (κ2) is 12.7. The lowest BCUT2D eigenvalue weighted by Gasteiger charge is -2.36. The third-order valence-corrected chi connectivity index (χ3v) is 9.22. The van der Waals surface area contributed by atoms with Crippen LogP contribution in [0.3, 0.4) is 0 Å². The number of ketones is 1. The van der Waals surface area contributed by atoms with Crippen LogP contribution < -0.4 is 21.1 Å². The predicted octanol–water partition coefficient (Wildman–Crippen LogP) is 2.33. The summed E-state index contributed by atoms with van der Waals surface area (Å²) < 4.78 is 30.3. The van der Waals surface area contributed by atoms with E-state index in [-0.39, 0.29) is 29.6 Å². The van der Waals surface area contributed by atoms with E-state index in [4.69, 9.17) is 11.5 Å². The van der Waals surface area contributed by atoms with Gasteiger partial charge < -0.3 is 21.3 Å². The average Bonchev–Trinajstić information content (AvgIpc) is 3.48. The number of carbonyl (C=O) groups excluding carboxylic acids is 2. The molecule has 0 saturated carbocycles. The Morgan fingerprint density at radius 1 is 1.18 bits per heavy atom. The van der Waals surface area contributed by atoms with Crippen LogP contribution in [0.4, 0.5) is 5.69 Å². The van der Waals surface area contributed by atoms with Crippen molar-refractivity contribution >= 4 is 55.5 Å². The second-order valence-electron chi connectivity index (χ2n) is 9.89. The normalized spacial score (nSPS) is 16.4. The Bertz CT molecular complexity index is 1490. The number of fused-ring (bicyclic) bond motifs is 1. The number of benzene rings is 2. The zero-order valence-electron chi connectivity index (χ0n) is 22.6. The smallest absolute Gasteiger partial charge is 0.241 e. The average molecular weight is 586 g/mol. The van der Waals surface area contributed by atoms with Gasteiger partial charge >= 0.3 is 0 Å². The lowest BCUT2D eigenvalue weighted by Crippen LogP contribution is -2.55. The van der Waals surface area contributed by atoms with Crippen molar-refractivity contribution in [3.63, 3.8) is 0 Å². The van der Waals surface area contributed by atoms with Crippen LogP contribution in [-0.4, -0.2) is 75.2 Å². The summed E-state index contributed by atoms with van der Waals surface area (Å²) in [5.41, 5.74) is 11.8. The number of nitrogens with two attached hydrogens (primary N) is 2. The molecule has 0 radical (unpaired) electrons. The summed E-state index contributed by atoms with van der Waals surface area (Å²) in [5, 5.41) is 3.37. The van der Waals surface area contributed by atoms with Gasteiger partial charge in [-0.05, 0) is 44.2 Å². The maximum absolute atomic E-state index is 14.0. The van der Waals surface area contributed by atoms with Crippen molar-refractivity contribution in [1.29, 1.82) is 0 Å². The Labute approximate surface area is 238 Å². The highest BCUT2D eigenvalue weighted by atomic mass is 32.2. The number of aliphatic imine (C=N–C) groups is 1. The summed E-state index contributed by atoms with van der Waals surface area (Å²) in [7, 11) is -0.362. The minimum atomic E-state index is -4.14. The zero-order chi connectivity index (χ0) is 28.9. The number of rotatable bonds is 11. The van der Waals surface area contributed by atoms with Crippen LogP contribution in [0.2, 0.25) is 0 Å². The van der Waals surface area contributed by atoms with E-state index in [0.29, 0.717) is 29.8 Å². The molecule has 2 heterocycles. The highest BCUT2D eigenvalue weighted by Gasteiger charge is 2.38. The van der Waals surface area contributed by atoms with Gasteiger partial charge in [-0.3, -0.25) is 14.6 Å². The topological polar surface area (TPSA) is 164 Å². The fourth-order valence-electron chi connectivity index (χ4n) is 5.03. The first-order valence-electron chi connectivity index (χ1n) is 13.1. The number of anilines is 1. The Morgan fingerprint density at radius 2 is 1.93 bits per heavy atom. The largest absolute Gasteiger partial charge is 0.377 e. The maximum Gasteiger partial charge on any atom is 0.241 e. The van der Waals surface area contributed by atoms with Crippen molar-refractivity contribution in [3.8, 4) is 0 Å². The van der Waals surface area contributed by atoms with E-state index in [1.807, 2.05) is 31.1 Å². The second-order valence-corrected chi connectivity index (χ2v) is 12.5. The number of aromatic nitrogens is 1. The molecule has 1 aromatic heterocycles. The molecule has 0 aliphatic carbocycles. The number of amides is 1. The number of guanidine groups is 1. The van der Waals surface area contributed by atoms with Crippen LogP contribution in [0.1, 0.15) is 41.9 Å². The molecule has 1 amide bonds. The Balaban J connectivity index is 1.67. The monoisotopic (exact) mass is 585 g/mol. The summed E-state index contributed by atoms with van der Waals surface area (Å²) in [4.78, 5) is 38.8. The zero-order valence-corrected chi connectivity index (χ0v) is 24.2. The molecule has 0 spiro atoms. The number of sulfonamides is 1. The SMILES string of the molecule is CN(C)c1cccc2c(S(=O)(=O)N[C@@H](CCCN=C(N)N)C(=O)N3CCCCC3C(=O)c3nccs3)cccc12. The van der Waals surface area contributed by atoms with E-state index >= 15 is 0 Å². The van der Waals surface area contributed by atoms with Crippen LogP contribution in [-0.2, 0) is 14.8 Å². The molecule has 2 aromatic carbocycles. The molecular formula is C27H35N7O4S2. The van der Waals surface area contributed by atoms with E-state index < -0.39 is 28.0 Å². The summed E-state index contributed by atoms with van der Waals surface area (Å²) in [6.45, 7) is 0.586. The van der Waals surface area contributed by atoms with Crippen molar-refractivity contribution in [3.05, 3.63) is 53.0 Å². The highest BCUT2D eigenvalue weighted by Crippen LogP contribution is 2.31. The van der Waals surface area contributed by atoms with Gasteiger partial charge in [0.05, 0.1) is 10.9 Å². The van der Waals surface area contributed by atoms with Gasteiger partial charge in [0.25, 0.3) is 0 Å². The van der Waals surface area contributed by atoms with E-state index in [1.54, 1.807) is 29.8 Å². The molecule has 0 bridgehead atoms. The Morgan fingerprint density at radius 3 is 2.62 bits per heavy atom. The molecular weight excluding hydrogens is 550 g/mol. The van der Waals surface area contributed by atoms with E-state index in [2.05, 4.69) is 14.7 Å². The number of carbonyl (C=O) groups is 2. The van der Waals surface area contributed by atoms with Gasteiger partial charge in [-0.1, -0.05) is 24.3 Å². The number of nitrogens with one attached hydrogen (secondary N) is 1.